The van der Waals surface area contributed by atoms with E-state index in [0.717, 1.165) is 30.9 Å². The smallest absolute Gasteiger partial charge is 0.128 e. The molecule has 0 aliphatic carbocycles. The molecule has 66 valence electrons. The first kappa shape index (κ1) is 9.13. The van der Waals surface area contributed by atoms with E-state index in [0.29, 0.717) is 0 Å². The van der Waals surface area contributed by atoms with Crippen LogP contribution < -0.4 is 5.32 Å². The molecule has 0 saturated carbocycles. The van der Waals surface area contributed by atoms with Crippen molar-refractivity contribution in [2.45, 2.75) is 26.3 Å². The van der Waals surface area contributed by atoms with Gasteiger partial charge >= 0.3 is 0 Å². The molecule has 0 aliphatic rings. The van der Waals surface area contributed by atoms with Crippen molar-refractivity contribution in [2.75, 3.05) is 7.05 Å². The van der Waals surface area contributed by atoms with Gasteiger partial charge in [-0.3, -0.25) is 0 Å². The van der Waals surface area contributed by atoms with Gasteiger partial charge in [-0.2, -0.15) is 0 Å². The van der Waals surface area contributed by atoms with Crippen molar-refractivity contribution in [2.24, 2.45) is 0 Å². The summed E-state index contributed by atoms with van der Waals surface area (Å²) < 4.78 is 0. The Morgan fingerprint density at radius 2 is 2.33 bits per heavy atom. The van der Waals surface area contributed by atoms with Crippen LogP contribution in [0.3, 0.4) is 0 Å². The van der Waals surface area contributed by atoms with Crippen LogP contribution in [0.15, 0.2) is 12.3 Å². The van der Waals surface area contributed by atoms with Gasteiger partial charge in [0, 0.05) is 19.2 Å². The van der Waals surface area contributed by atoms with Crippen molar-refractivity contribution in [3.8, 4) is 0 Å². The van der Waals surface area contributed by atoms with Gasteiger partial charge in [0.15, 0.2) is 0 Å². The second kappa shape index (κ2) is 4.83. The second-order valence-corrected chi connectivity index (χ2v) is 2.74. The van der Waals surface area contributed by atoms with Crippen LogP contribution in [0.4, 0.5) is 0 Å². The summed E-state index contributed by atoms with van der Waals surface area (Å²) in [5.41, 5.74) is 1.07. The summed E-state index contributed by atoms with van der Waals surface area (Å²) in [6, 6.07) is 1.94. The largest absolute Gasteiger partial charge is 0.314 e. The van der Waals surface area contributed by atoms with Gasteiger partial charge in [0.1, 0.15) is 5.82 Å². The fourth-order valence-electron chi connectivity index (χ4n) is 1.06. The number of hydrogen-bond acceptors (Lipinski definition) is 3. The zero-order valence-corrected chi connectivity index (χ0v) is 7.67. The highest BCUT2D eigenvalue weighted by Crippen LogP contribution is 1.97. The Balaban J connectivity index is 2.67. The number of hydrogen-bond donors (Lipinski definition) is 1. The standard InChI is InChI=1S/C9H15N3/c1-3-4-9-11-6-5-8(12-9)7-10-2/h5-6,10H,3-4,7H2,1-2H3. The number of rotatable bonds is 4. The van der Waals surface area contributed by atoms with Crippen LogP contribution in [-0.2, 0) is 13.0 Å². The molecule has 12 heavy (non-hydrogen) atoms. The van der Waals surface area contributed by atoms with Crippen LogP contribution in [0, 0.1) is 0 Å². The van der Waals surface area contributed by atoms with E-state index in [4.69, 9.17) is 0 Å². The summed E-state index contributed by atoms with van der Waals surface area (Å²) in [6.45, 7) is 2.95. The first-order valence-electron chi connectivity index (χ1n) is 4.32. The quantitative estimate of drug-likeness (QED) is 0.727. The molecular formula is C9H15N3. The van der Waals surface area contributed by atoms with Crippen molar-refractivity contribution in [1.82, 2.24) is 15.3 Å². The summed E-state index contributed by atoms with van der Waals surface area (Å²) in [5.74, 6) is 0.949. The first-order valence-corrected chi connectivity index (χ1v) is 4.32. The Morgan fingerprint density at radius 1 is 1.50 bits per heavy atom. The van der Waals surface area contributed by atoms with Gasteiger partial charge < -0.3 is 5.32 Å². The lowest BCUT2D eigenvalue weighted by atomic mass is 10.3. The van der Waals surface area contributed by atoms with Crippen LogP contribution in [0.1, 0.15) is 24.9 Å². The molecule has 1 rings (SSSR count). The molecule has 0 aliphatic heterocycles. The topological polar surface area (TPSA) is 37.8 Å². The maximum absolute atomic E-state index is 4.38. The molecule has 0 fully saturated rings. The van der Waals surface area contributed by atoms with E-state index in [-0.39, 0.29) is 0 Å². The van der Waals surface area contributed by atoms with Crippen molar-refractivity contribution in [3.63, 3.8) is 0 Å². The molecule has 3 nitrogen and oxygen atoms in total. The molecule has 0 aromatic carbocycles. The van der Waals surface area contributed by atoms with Gasteiger partial charge in [-0.1, -0.05) is 6.92 Å². The summed E-state index contributed by atoms with van der Waals surface area (Å²) in [7, 11) is 1.92. The fraction of sp³-hybridized carbons (Fsp3) is 0.556. The molecule has 3 heteroatoms. The van der Waals surface area contributed by atoms with E-state index in [2.05, 4.69) is 22.2 Å². The average molecular weight is 165 g/mol. The van der Waals surface area contributed by atoms with E-state index in [1.807, 2.05) is 19.3 Å². The molecule has 0 amide bonds. The SMILES string of the molecule is CCCc1nccc(CNC)n1. The predicted molar refractivity (Wildman–Crippen MR) is 48.8 cm³/mol. The molecule has 1 heterocycles. The Morgan fingerprint density at radius 3 is 3.00 bits per heavy atom. The molecule has 0 atom stereocenters. The molecule has 1 aromatic rings. The molecule has 1 aromatic heterocycles. The van der Waals surface area contributed by atoms with Crippen molar-refractivity contribution in [3.05, 3.63) is 23.8 Å². The lowest BCUT2D eigenvalue weighted by molar-refractivity contribution is 0.754. The van der Waals surface area contributed by atoms with Gasteiger partial charge in [-0.15, -0.1) is 0 Å². The van der Waals surface area contributed by atoms with E-state index < -0.39 is 0 Å². The number of aryl methyl sites for hydroxylation is 1. The molecule has 0 saturated heterocycles. The molecule has 0 bridgehead atoms. The second-order valence-electron chi connectivity index (χ2n) is 2.74. The van der Waals surface area contributed by atoms with Crippen LogP contribution in [-0.4, -0.2) is 17.0 Å². The summed E-state index contributed by atoms with van der Waals surface area (Å²) in [5, 5.41) is 3.06. The molecule has 1 N–H and O–H groups in total. The molecule has 0 radical (unpaired) electrons. The third-order valence-corrected chi connectivity index (χ3v) is 1.59. The predicted octanol–water partition coefficient (Wildman–Crippen LogP) is 1.15. The molecular weight excluding hydrogens is 150 g/mol. The molecule has 0 unspecified atom stereocenters. The summed E-state index contributed by atoms with van der Waals surface area (Å²) >= 11 is 0. The number of nitrogens with zero attached hydrogens (tertiary/aromatic N) is 2. The minimum absolute atomic E-state index is 0.819. The van der Waals surface area contributed by atoms with Gasteiger partial charge in [0.25, 0.3) is 0 Å². The van der Waals surface area contributed by atoms with Gasteiger partial charge in [-0.25, -0.2) is 9.97 Å². The maximum atomic E-state index is 4.38. The Bertz CT molecular complexity index is 214. The van der Waals surface area contributed by atoms with E-state index in [9.17, 15) is 0 Å². The van der Waals surface area contributed by atoms with E-state index in [1.54, 1.807) is 0 Å². The van der Waals surface area contributed by atoms with Crippen LogP contribution >= 0.6 is 0 Å². The number of aromatic nitrogens is 2. The Kier molecular flexibility index (Phi) is 3.67. The zero-order valence-electron chi connectivity index (χ0n) is 7.67. The van der Waals surface area contributed by atoms with Crippen LogP contribution in [0.5, 0.6) is 0 Å². The minimum Gasteiger partial charge on any atom is -0.314 e. The highest BCUT2D eigenvalue weighted by atomic mass is 14.9. The van der Waals surface area contributed by atoms with Gasteiger partial charge in [0.2, 0.25) is 0 Å². The summed E-state index contributed by atoms with van der Waals surface area (Å²) in [6.07, 6.45) is 3.89. The normalized spacial score (nSPS) is 10.2. The monoisotopic (exact) mass is 165 g/mol. The van der Waals surface area contributed by atoms with E-state index in [1.165, 1.54) is 0 Å². The van der Waals surface area contributed by atoms with Gasteiger partial charge in [0.05, 0.1) is 5.69 Å². The third-order valence-electron chi connectivity index (χ3n) is 1.59. The van der Waals surface area contributed by atoms with Crippen molar-refractivity contribution in [1.29, 1.82) is 0 Å². The highest BCUT2D eigenvalue weighted by molar-refractivity contribution is 5.01. The average Bonchev–Trinajstić information content (AvgIpc) is 2.06. The lowest BCUT2D eigenvalue weighted by Gasteiger charge is -2.00. The Labute approximate surface area is 73.2 Å². The van der Waals surface area contributed by atoms with Gasteiger partial charge in [-0.05, 0) is 19.5 Å². The van der Waals surface area contributed by atoms with E-state index >= 15 is 0 Å². The van der Waals surface area contributed by atoms with Crippen molar-refractivity contribution >= 4 is 0 Å². The zero-order chi connectivity index (χ0) is 8.81. The first-order chi connectivity index (χ1) is 5.86. The third kappa shape index (κ3) is 2.58. The highest BCUT2D eigenvalue weighted by Gasteiger charge is 1.96. The minimum atomic E-state index is 0.819. The fourth-order valence-corrected chi connectivity index (χ4v) is 1.06. The maximum Gasteiger partial charge on any atom is 0.128 e. The lowest BCUT2D eigenvalue weighted by Crippen LogP contribution is -2.08. The Hall–Kier alpha value is -0.960. The summed E-state index contributed by atoms with van der Waals surface area (Å²) in [4.78, 5) is 8.55. The van der Waals surface area contributed by atoms with Crippen molar-refractivity contribution < 1.29 is 0 Å². The van der Waals surface area contributed by atoms with Crippen LogP contribution in [0.25, 0.3) is 0 Å². The molecule has 0 spiro atoms. The van der Waals surface area contributed by atoms with Crippen LogP contribution in [0.2, 0.25) is 0 Å². The number of nitrogens with one attached hydrogen (secondary N) is 1.